The van der Waals surface area contributed by atoms with Gasteiger partial charge in [-0.2, -0.15) is 5.10 Å². The van der Waals surface area contributed by atoms with Crippen LogP contribution in [-0.4, -0.2) is 39.1 Å². The highest BCUT2D eigenvalue weighted by Gasteiger charge is 2.36. The van der Waals surface area contributed by atoms with Gasteiger partial charge in [0, 0.05) is 31.9 Å². The molecule has 1 aliphatic rings. The zero-order chi connectivity index (χ0) is 12.4. The number of nitrogens with zero attached hydrogens (tertiary/aromatic N) is 3. The molecule has 1 fully saturated rings. The van der Waals surface area contributed by atoms with Gasteiger partial charge in [0.2, 0.25) is 11.8 Å². The van der Waals surface area contributed by atoms with Crippen molar-refractivity contribution in [1.29, 1.82) is 0 Å². The van der Waals surface area contributed by atoms with Crippen LogP contribution in [0.4, 0.5) is 0 Å². The zero-order valence-corrected chi connectivity index (χ0v) is 10.0. The quantitative estimate of drug-likeness (QED) is 0.726. The summed E-state index contributed by atoms with van der Waals surface area (Å²) in [5.74, 6) is -0.220. The Morgan fingerprint density at radius 1 is 1.53 bits per heavy atom. The fraction of sp³-hybridized carbons (Fsp3) is 0.545. The Balaban J connectivity index is 1.92. The smallest absolute Gasteiger partial charge is 0.246 e. The second-order valence-corrected chi connectivity index (χ2v) is 4.14. The van der Waals surface area contributed by atoms with Gasteiger partial charge in [0.1, 0.15) is 0 Å². The summed E-state index contributed by atoms with van der Waals surface area (Å²) >= 11 is 0. The van der Waals surface area contributed by atoms with Crippen molar-refractivity contribution in [3.63, 3.8) is 0 Å². The summed E-state index contributed by atoms with van der Waals surface area (Å²) in [5.41, 5.74) is 1.00. The molecule has 0 bridgehead atoms. The molecule has 2 heterocycles. The second-order valence-electron chi connectivity index (χ2n) is 4.14. The number of nitrogens with one attached hydrogen (secondary N) is 1. The Kier molecular flexibility index (Phi) is 3.23. The Morgan fingerprint density at radius 2 is 2.29 bits per heavy atom. The highest BCUT2D eigenvalue weighted by Crippen LogP contribution is 2.13. The van der Waals surface area contributed by atoms with E-state index >= 15 is 0 Å². The zero-order valence-electron chi connectivity index (χ0n) is 10.0. The Morgan fingerprint density at radius 3 is 2.82 bits per heavy atom. The number of rotatable bonds is 4. The lowest BCUT2D eigenvalue weighted by Crippen LogP contribution is -2.38. The monoisotopic (exact) mass is 236 g/mol. The minimum absolute atomic E-state index is 0.0961. The third-order valence-electron chi connectivity index (χ3n) is 2.87. The molecule has 1 unspecified atom stereocenters. The fourth-order valence-corrected chi connectivity index (χ4v) is 1.98. The van der Waals surface area contributed by atoms with Crippen molar-refractivity contribution in [3.05, 3.63) is 18.0 Å². The maximum Gasteiger partial charge on any atom is 0.246 e. The molecule has 92 valence electrons. The summed E-state index contributed by atoms with van der Waals surface area (Å²) < 4.78 is 1.71. The number of imide groups is 1. The van der Waals surface area contributed by atoms with Gasteiger partial charge in [-0.05, 0) is 6.92 Å². The van der Waals surface area contributed by atoms with Crippen LogP contribution in [0.3, 0.4) is 0 Å². The highest BCUT2D eigenvalue weighted by atomic mass is 16.2. The van der Waals surface area contributed by atoms with Crippen LogP contribution in [0, 0.1) is 0 Å². The molecule has 6 heteroatoms. The molecule has 2 amide bonds. The van der Waals surface area contributed by atoms with Crippen LogP contribution in [0.1, 0.15) is 18.9 Å². The lowest BCUT2D eigenvalue weighted by Gasteiger charge is -2.12. The summed E-state index contributed by atoms with van der Waals surface area (Å²) in [6, 6.07) is -0.386. The average Bonchev–Trinajstić information content (AvgIpc) is 2.81. The van der Waals surface area contributed by atoms with Crippen LogP contribution < -0.4 is 5.32 Å². The van der Waals surface area contributed by atoms with Gasteiger partial charge in [-0.15, -0.1) is 0 Å². The van der Waals surface area contributed by atoms with Crippen LogP contribution in [0.25, 0.3) is 0 Å². The number of carbonyl (C=O) groups is 2. The Bertz CT molecular complexity index is 440. The number of carbonyl (C=O) groups excluding carboxylic acids is 2. The number of likely N-dealkylation sites (N-methyl/N-ethyl adjacent to an activating group) is 1. The molecule has 1 saturated heterocycles. The molecule has 0 aromatic carbocycles. The van der Waals surface area contributed by atoms with Crippen molar-refractivity contribution in [2.24, 2.45) is 7.05 Å². The van der Waals surface area contributed by atoms with Crippen LogP contribution in [-0.2, 0) is 23.2 Å². The minimum atomic E-state index is -0.386. The van der Waals surface area contributed by atoms with Crippen LogP contribution >= 0.6 is 0 Å². The third kappa shape index (κ3) is 2.36. The molecular formula is C11H16N4O2. The van der Waals surface area contributed by atoms with Gasteiger partial charge in [-0.1, -0.05) is 0 Å². The molecule has 1 aromatic rings. The number of aromatic nitrogens is 2. The summed E-state index contributed by atoms with van der Waals surface area (Å²) in [6.45, 7) is 2.80. The summed E-state index contributed by atoms with van der Waals surface area (Å²) in [5, 5.41) is 7.13. The van der Waals surface area contributed by atoms with E-state index in [-0.39, 0.29) is 24.3 Å². The van der Waals surface area contributed by atoms with Crippen LogP contribution in [0.15, 0.2) is 12.4 Å². The summed E-state index contributed by atoms with van der Waals surface area (Å²) in [6.07, 6.45) is 3.88. The van der Waals surface area contributed by atoms with Crippen molar-refractivity contribution in [1.82, 2.24) is 20.0 Å². The molecule has 2 rings (SSSR count). The molecule has 0 aliphatic carbocycles. The SMILES string of the molecule is CCN1C(=O)CC(NCc2cnn(C)c2)C1=O. The molecule has 1 N–H and O–H groups in total. The first kappa shape index (κ1) is 11.8. The molecule has 0 spiro atoms. The van der Waals surface area contributed by atoms with E-state index in [1.54, 1.807) is 17.8 Å². The topological polar surface area (TPSA) is 67.2 Å². The van der Waals surface area contributed by atoms with E-state index in [2.05, 4.69) is 10.4 Å². The first-order valence-electron chi connectivity index (χ1n) is 5.67. The van der Waals surface area contributed by atoms with Gasteiger partial charge in [0.25, 0.3) is 0 Å². The van der Waals surface area contributed by atoms with Crippen molar-refractivity contribution >= 4 is 11.8 Å². The van der Waals surface area contributed by atoms with E-state index in [9.17, 15) is 9.59 Å². The van der Waals surface area contributed by atoms with E-state index in [1.807, 2.05) is 13.2 Å². The fourth-order valence-electron chi connectivity index (χ4n) is 1.98. The maximum atomic E-state index is 11.8. The molecule has 1 aliphatic heterocycles. The number of aryl methyl sites for hydroxylation is 1. The van der Waals surface area contributed by atoms with Crippen LogP contribution in [0.5, 0.6) is 0 Å². The normalized spacial score (nSPS) is 20.4. The second kappa shape index (κ2) is 4.67. The molecule has 1 aromatic heterocycles. The predicted octanol–water partition coefficient (Wildman–Crippen LogP) is -0.343. The average molecular weight is 236 g/mol. The van der Waals surface area contributed by atoms with Crippen molar-refractivity contribution in [2.75, 3.05) is 6.54 Å². The summed E-state index contributed by atoms with van der Waals surface area (Å²) in [7, 11) is 1.84. The molecule has 1 atom stereocenters. The maximum absolute atomic E-state index is 11.8. The van der Waals surface area contributed by atoms with Gasteiger partial charge in [0.15, 0.2) is 0 Å². The first-order chi connectivity index (χ1) is 8.11. The van der Waals surface area contributed by atoms with E-state index < -0.39 is 0 Å². The van der Waals surface area contributed by atoms with Crippen LogP contribution in [0.2, 0.25) is 0 Å². The molecular weight excluding hydrogens is 220 g/mol. The van der Waals surface area contributed by atoms with Gasteiger partial charge in [-0.3, -0.25) is 19.2 Å². The lowest BCUT2D eigenvalue weighted by molar-refractivity contribution is -0.138. The van der Waals surface area contributed by atoms with Gasteiger partial charge in [0.05, 0.1) is 18.7 Å². The van der Waals surface area contributed by atoms with E-state index in [1.165, 1.54) is 4.90 Å². The molecule has 0 radical (unpaired) electrons. The third-order valence-corrected chi connectivity index (χ3v) is 2.87. The van der Waals surface area contributed by atoms with Crippen molar-refractivity contribution < 1.29 is 9.59 Å². The standard InChI is InChI=1S/C11H16N4O2/c1-3-15-10(16)4-9(11(15)17)12-5-8-6-13-14(2)7-8/h6-7,9,12H,3-5H2,1-2H3. The van der Waals surface area contributed by atoms with Gasteiger partial charge in [-0.25, -0.2) is 0 Å². The van der Waals surface area contributed by atoms with Crippen molar-refractivity contribution in [2.45, 2.75) is 25.9 Å². The molecule has 6 nitrogen and oxygen atoms in total. The number of amides is 2. The van der Waals surface area contributed by atoms with Gasteiger partial charge < -0.3 is 5.32 Å². The number of hydrogen-bond donors (Lipinski definition) is 1. The molecule has 0 saturated carbocycles. The minimum Gasteiger partial charge on any atom is -0.301 e. The van der Waals surface area contributed by atoms with Gasteiger partial charge >= 0.3 is 0 Å². The number of likely N-dealkylation sites (tertiary alicyclic amines) is 1. The van der Waals surface area contributed by atoms with Crippen molar-refractivity contribution in [3.8, 4) is 0 Å². The van der Waals surface area contributed by atoms with E-state index in [0.717, 1.165) is 5.56 Å². The predicted molar refractivity (Wildman–Crippen MR) is 60.8 cm³/mol. The largest absolute Gasteiger partial charge is 0.301 e. The van der Waals surface area contributed by atoms with E-state index in [4.69, 9.17) is 0 Å². The Hall–Kier alpha value is -1.69. The molecule has 17 heavy (non-hydrogen) atoms. The van der Waals surface area contributed by atoms with E-state index in [0.29, 0.717) is 13.1 Å². The number of hydrogen-bond acceptors (Lipinski definition) is 4. The lowest BCUT2D eigenvalue weighted by atomic mass is 10.2. The Labute approximate surface area is 99.6 Å². The summed E-state index contributed by atoms with van der Waals surface area (Å²) in [4.78, 5) is 24.6. The first-order valence-corrected chi connectivity index (χ1v) is 5.67. The highest BCUT2D eigenvalue weighted by molar-refractivity contribution is 6.05.